The number of Topliss-reactive ketones (excluding diaryl/α,β-unsaturated/α-hetero) is 1. The number of benzene rings is 3. The predicted molar refractivity (Wildman–Crippen MR) is 138 cm³/mol. The fourth-order valence-corrected chi connectivity index (χ4v) is 4.26. The minimum absolute atomic E-state index is 0.0601. The highest BCUT2D eigenvalue weighted by atomic mass is 16.5. The largest absolute Gasteiger partial charge is 0.507 e. The predicted octanol–water partition coefficient (Wildman–Crippen LogP) is 4.74. The average Bonchev–Trinajstić information content (AvgIpc) is 3.17. The van der Waals surface area contributed by atoms with Crippen LogP contribution in [0, 0.1) is 0 Å². The van der Waals surface area contributed by atoms with Gasteiger partial charge in [0.05, 0.1) is 31.8 Å². The summed E-state index contributed by atoms with van der Waals surface area (Å²) in [6.07, 6.45) is 0.680. The quantitative estimate of drug-likeness (QED) is 0.247. The van der Waals surface area contributed by atoms with Gasteiger partial charge in [0.15, 0.2) is 0 Å². The van der Waals surface area contributed by atoms with Crippen LogP contribution in [-0.4, -0.2) is 41.6 Å². The van der Waals surface area contributed by atoms with E-state index in [1.165, 1.54) is 12.0 Å². The molecule has 1 heterocycles. The SMILES string of the molecule is CCCOc1ccc(/C(O)=C2/C(=O)C(=O)N(c3ccc(CC(=O)O)cc3)C2c2cccc(OC)c2)cc1. The molecule has 0 spiro atoms. The molecule has 8 nitrogen and oxygen atoms in total. The van der Waals surface area contributed by atoms with E-state index in [1.54, 1.807) is 72.8 Å². The van der Waals surface area contributed by atoms with Crippen molar-refractivity contribution in [1.82, 2.24) is 0 Å². The molecule has 1 aliphatic heterocycles. The zero-order valence-corrected chi connectivity index (χ0v) is 20.5. The first-order valence-electron chi connectivity index (χ1n) is 11.8. The summed E-state index contributed by atoms with van der Waals surface area (Å²) in [4.78, 5) is 39.0. The van der Waals surface area contributed by atoms with Crippen LogP contribution in [0.25, 0.3) is 5.76 Å². The van der Waals surface area contributed by atoms with Gasteiger partial charge in [-0.25, -0.2) is 0 Å². The minimum atomic E-state index is -0.976. The van der Waals surface area contributed by atoms with Gasteiger partial charge in [-0.3, -0.25) is 19.3 Å². The summed E-state index contributed by atoms with van der Waals surface area (Å²) in [6, 6.07) is 19.1. The minimum Gasteiger partial charge on any atom is -0.507 e. The maximum atomic E-state index is 13.3. The number of carboxylic acids is 1. The number of amides is 1. The summed E-state index contributed by atoms with van der Waals surface area (Å²) >= 11 is 0. The Bertz CT molecular complexity index is 1340. The van der Waals surface area contributed by atoms with E-state index in [4.69, 9.17) is 14.6 Å². The molecule has 4 rings (SSSR count). The summed E-state index contributed by atoms with van der Waals surface area (Å²) < 4.78 is 11.0. The second kappa shape index (κ2) is 11.0. The molecule has 3 aromatic carbocycles. The van der Waals surface area contributed by atoms with Crippen LogP contribution in [0.15, 0.2) is 78.4 Å². The lowest BCUT2D eigenvalue weighted by atomic mass is 9.95. The number of aliphatic hydroxyl groups excluding tert-OH is 1. The molecule has 3 aromatic rings. The van der Waals surface area contributed by atoms with Gasteiger partial charge in [-0.05, 0) is 66.1 Å². The lowest BCUT2D eigenvalue weighted by molar-refractivity contribution is -0.136. The third-order valence-electron chi connectivity index (χ3n) is 6.02. The van der Waals surface area contributed by atoms with Crippen LogP contribution in [0.2, 0.25) is 0 Å². The Balaban J connectivity index is 1.82. The van der Waals surface area contributed by atoms with E-state index in [-0.39, 0.29) is 17.8 Å². The number of ketones is 1. The maximum Gasteiger partial charge on any atom is 0.307 e. The van der Waals surface area contributed by atoms with E-state index in [1.807, 2.05) is 6.92 Å². The van der Waals surface area contributed by atoms with E-state index in [2.05, 4.69) is 0 Å². The molecule has 2 N–H and O–H groups in total. The first-order chi connectivity index (χ1) is 17.8. The zero-order chi connectivity index (χ0) is 26.5. The number of hydrogen-bond donors (Lipinski definition) is 2. The molecule has 1 amide bonds. The fraction of sp³-hybridized carbons (Fsp3) is 0.207. The van der Waals surface area contributed by atoms with E-state index in [0.717, 1.165) is 6.42 Å². The van der Waals surface area contributed by atoms with Gasteiger partial charge in [0.25, 0.3) is 11.7 Å². The normalized spacial score (nSPS) is 16.6. The van der Waals surface area contributed by atoms with Crippen LogP contribution >= 0.6 is 0 Å². The number of hydrogen-bond acceptors (Lipinski definition) is 6. The van der Waals surface area contributed by atoms with Gasteiger partial charge in [-0.2, -0.15) is 0 Å². The molecule has 0 saturated carbocycles. The fourth-order valence-electron chi connectivity index (χ4n) is 4.26. The summed E-state index contributed by atoms with van der Waals surface area (Å²) in [5.41, 5.74) is 1.82. The Morgan fingerprint density at radius 1 is 0.946 bits per heavy atom. The lowest BCUT2D eigenvalue weighted by Crippen LogP contribution is -2.29. The molecule has 0 radical (unpaired) electrons. The number of nitrogens with zero attached hydrogens (tertiary/aromatic N) is 1. The molecule has 1 fully saturated rings. The second-order valence-electron chi connectivity index (χ2n) is 8.56. The van der Waals surface area contributed by atoms with E-state index < -0.39 is 23.7 Å². The van der Waals surface area contributed by atoms with Crippen molar-refractivity contribution in [3.05, 3.63) is 95.1 Å². The van der Waals surface area contributed by atoms with Crippen molar-refractivity contribution < 1.29 is 34.1 Å². The Morgan fingerprint density at radius 2 is 1.65 bits per heavy atom. The highest BCUT2D eigenvalue weighted by Gasteiger charge is 2.47. The van der Waals surface area contributed by atoms with Crippen molar-refractivity contribution in [2.24, 2.45) is 0 Å². The third kappa shape index (κ3) is 5.33. The first-order valence-corrected chi connectivity index (χ1v) is 11.8. The number of carbonyl (C=O) groups excluding carboxylic acids is 2. The smallest absolute Gasteiger partial charge is 0.307 e. The molecule has 1 atom stereocenters. The lowest BCUT2D eigenvalue weighted by Gasteiger charge is -2.26. The van der Waals surface area contributed by atoms with Crippen molar-refractivity contribution >= 4 is 29.1 Å². The van der Waals surface area contributed by atoms with Gasteiger partial charge in [0.2, 0.25) is 0 Å². The molecule has 1 saturated heterocycles. The van der Waals surface area contributed by atoms with Gasteiger partial charge in [-0.1, -0.05) is 31.2 Å². The zero-order valence-electron chi connectivity index (χ0n) is 20.5. The average molecular weight is 502 g/mol. The first kappa shape index (κ1) is 25.5. The van der Waals surface area contributed by atoms with Crippen LogP contribution in [0.1, 0.15) is 36.1 Å². The van der Waals surface area contributed by atoms with Crippen LogP contribution in [0.4, 0.5) is 5.69 Å². The molecule has 1 unspecified atom stereocenters. The molecule has 37 heavy (non-hydrogen) atoms. The Hall–Kier alpha value is -4.59. The van der Waals surface area contributed by atoms with Crippen LogP contribution < -0.4 is 14.4 Å². The Kier molecular flexibility index (Phi) is 7.57. The van der Waals surface area contributed by atoms with E-state index in [0.29, 0.717) is 40.5 Å². The number of anilines is 1. The molecule has 8 heteroatoms. The molecular formula is C29H27NO7. The summed E-state index contributed by atoms with van der Waals surface area (Å²) in [5, 5.41) is 20.3. The van der Waals surface area contributed by atoms with Crippen molar-refractivity contribution in [3.8, 4) is 11.5 Å². The van der Waals surface area contributed by atoms with E-state index in [9.17, 15) is 19.5 Å². The number of aliphatic carboxylic acids is 1. The Morgan fingerprint density at radius 3 is 2.27 bits per heavy atom. The van der Waals surface area contributed by atoms with Gasteiger partial charge >= 0.3 is 5.97 Å². The van der Waals surface area contributed by atoms with Crippen molar-refractivity contribution in [2.75, 3.05) is 18.6 Å². The van der Waals surface area contributed by atoms with Gasteiger partial charge in [0, 0.05) is 11.3 Å². The molecule has 1 aliphatic rings. The topological polar surface area (TPSA) is 113 Å². The standard InChI is InChI=1S/C29H27NO7/c1-3-15-37-22-13-9-19(10-14-22)27(33)25-26(20-5-4-6-23(17-20)36-2)30(29(35)28(25)34)21-11-7-18(8-12-21)16-24(31)32/h4-14,17,26,33H,3,15-16H2,1-2H3,(H,31,32)/b27-25-. The van der Waals surface area contributed by atoms with Crippen LogP contribution in [0.5, 0.6) is 11.5 Å². The number of carbonyl (C=O) groups is 3. The van der Waals surface area contributed by atoms with E-state index >= 15 is 0 Å². The second-order valence-corrected chi connectivity index (χ2v) is 8.56. The summed E-state index contributed by atoms with van der Waals surface area (Å²) in [6.45, 7) is 2.55. The van der Waals surface area contributed by atoms with Crippen molar-refractivity contribution in [1.29, 1.82) is 0 Å². The number of carboxylic acid groups (broad SMARTS) is 1. The van der Waals surface area contributed by atoms with Crippen LogP contribution in [-0.2, 0) is 20.8 Å². The molecule has 0 bridgehead atoms. The van der Waals surface area contributed by atoms with Crippen LogP contribution in [0.3, 0.4) is 0 Å². The van der Waals surface area contributed by atoms with Gasteiger partial charge in [0.1, 0.15) is 17.3 Å². The summed E-state index contributed by atoms with van der Waals surface area (Å²) in [5.74, 6) is -1.76. The molecule has 190 valence electrons. The highest BCUT2D eigenvalue weighted by Crippen LogP contribution is 2.43. The van der Waals surface area contributed by atoms with Crippen molar-refractivity contribution in [2.45, 2.75) is 25.8 Å². The number of aliphatic hydroxyl groups is 1. The molecule has 0 aliphatic carbocycles. The molecule has 0 aromatic heterocycles. The monoisotopic (exact) mass is 501 g/mol. The van der Waals surface area contributed by atoms with Gasteiger partial charge in [-0.15, -0.1) is 0 Å². The Labute approximate surface area is 214 Å². The molecular weight excluding hydrogens is 474 g/mol. The van der Waals surface area contributed by atoms with Gasteiger partial charge < -0.3 is 19.7 Å². The number of ether oxygens (including phenoxy) is 2. The number of methoxy groups -OCH3 is 1. The third-order valence-corrected chi connectivity index (χ3v) is 6.02. The highest BCUT2D eigenvalue weighted by molar-refractivity contribution is 6.51. The van der Waals surface area contributed by atoms with Crippen molar-refractivity contribution in [3.63, 3.8) is 0 Å². The number of rotatable bonds is 9. The maximum absolute atomic E-state index is 13.3. The summed E-state index contributed by atoms with van der Waals surface area (Å²) in [7, 11) is 1.51.